The van der Waals surface area contributed by atoms with Gasteiger partial charge in [-0.2, -0.15) is 0 Å². The van der Waals surface area contributed by atoms with Gasteiger partial charge in [-0.15, -0.1) is 0 Å². The average Bonchev–Trinajstić information content (AvgIpc) is 3.06. The molecule has 4 nitrogen and oxygen atoms in total. The van der Waals surface area contributed by atoms with Gasteiger partial charge in [-0.05, 0) is 57.8 Å². The van der Waals surface area contributed by atoms with Crippen molar-refractivity contribution in [3.05, 3.63) is 24.3 Å². The minimum Gasteiger partial charge on any atom is -0.460 e. The molecule has 1 saturated heterocycles. The van der Waals surface area contributed by atoms with Crippen LogP contribution in [0.5, 0.6) is 0 Å². The predicted octanol–water partition coefficient (Wildman–Crippen LogP) is 6.40. The third kappa shape index (κ3) is 9.49. The maximum absolute atomic E-state index is 12.2. The highest BCUT2D eigenvalue weighted by Gasteiger charge is 2.45. The summed E-state index contributed by atoms with van der Waals surface area (Å²) in [7, 11) is 0. The highest BCUT2D eigenvalue weighted by molar-refractivity contribution is 5.86. The van der Waals surface area contributed by atoms with Gasteiger partial charge in [0.15, 0.2) is 0 Å². The maximum Gasteiger partial charge on any atom is 0.329 e. The van der Waals surface area contributed by atoms with Crippen LogP contribution in [0.2, 0.25) is 0 Å². The van der Waals surface area contributed by atoms with Crippen molar-refractivity contribution in [3.63, 3.8) is 0 Å². The molecule has 1 heterocycles. The molecular weight excluding hydrogens is 374 g/mol. The number of hydrogen-bond donors (Lipinski definition) is 1. The highest BCUT2D eigenvalue weighted by atomic mass is 16.6. The van der Waals surface area contributed by atoms with E-state index < -0.39 is 6.04 Å². The summed E-state index contributed by atoms with van der Waals surface area (Å²) in [6.45, 7) is 2.24. The summed E-state index contributed by atoms with van der Waals surface area (Å²) in [5, 5.41) is 2.95. The van der Waals surface area contributed by atoms with Crippen LogP contribution in [0.3, 0.4) is 0 Å². The van der Waals surface area contributed by atoms with Gasteiger partial charge in [-0.25, -0.2) is 4.79 Å². The monoisotopic (exact) mass is 417 g/mol. The summed E-state index contributed by atoms with van der Waals surface area (Å²) >= 11 is 0. The Hall–Kier alpha value is -1.58. The molecule has 2 fully saturated rings. The van der Waals surface area contributed by atoms with E-state index in [2.05, 4.69) is 36.5 Å². The second-order valence-electron chi connectivity index (χ2n) is 8.95. The fourth-order valence-corrected chi connectivity index (χ4v) is 4.56. The van der Waals surface area contributed by atoms with Gasteiger partial charge < -0.3 is 10.1 Å². The summed E-state index contributed by atoms with van der Waals surface area (Å²) in [6.07, 6.45) is 26.9. The fourth-order valence-electron chi connectivity index (χ4n) is 4.56. The van der Waals surface area contributed by atoms with Crippen LogP contribution < -0.4 is 5.32 Å². The van der Waals surface area contributed by atoms with Gasteiger partial charge in [-0.3, -0.25) is 4.79 Å². The molecule has 0 spiro atoms. The van der Waals surface area contributed by atoms with Gasteiger partial charge in [0.25, 0.3) is 0 Å². The van der Waals surface area contributed by atoms with Crippen molar-refractivity contribution in [1.29, 1.82) is 0 Å². The quantitative estimate of drug-likeness (QED) is 0.190. The zero-order valence-corrected chi connectivity index (χ0v) is 19.1. The zero-order chi connectivity index (χ0) is 21.4. The van der Waals surface area contributed by atoms with E-state index >= 15 is 0 Å². The topological polar surface area (TPSA) is 55.4 Å². The lowest BCUT2D eigenvalue weighted by molar-refractivity contribution is -0.144. The first-order valence-corrected chi connectivity index (χ1v) is 12.5. The third-order valence-corrected chi connectivity index (χ3v) is 6.37. The fraction of sp³-hybridized carbons (Fsp3) is 0.769. The van der Waals surface area contributed by atoms with E-state index in [1.807, 2.05) is 0 Å². The highest BCUT2D eigenvalue weighted by Crippen LogP contribution is 2.35. The standard InChI is InChI=1S/C26H43NO3/c1-2-3-4-5-6-7-8-9-10-11-12-13-14-15-16-21-24(28)27-25-22-19-17-18-20-23(22)30-26(25)29/h6-7,9-10,22-23,25H,2-5,8,11-21H2,1H3,(H,27,28)/b7-6-,10-9+/t22?,23?,25-/m0/s1. The number of fused-ring (bicyclic) bond motifs is 1. The molecule has 0 aromatic heterocycles. The van der Waals surface area contributed by atoms with E-state index in [4.69, 9.17) is 4.74 Å². The zero-order valence-electron chi connectivity index (χ0n) is 19.1. The van der Waals surface area contributed by atoms with Crippen LogP contribution in [0.4, 0.5) is 0 Å². The third-order valence-electron chi connectivity index (χ3n) is 6.37. The first kappa shape index (κ1) is 24.7. The molecule has 3 atom stereocenters. The lowest BCUT2D eigenvalue weighted by atomic mass is 9.83. The molecule has 2 unspecified atom stereocenters. The number of allylic oxidation sites excluding steroid dienone is 4. The summed E-state index contributed by atoms with van der Waals surface area (Å²) in [5.41, 5.74) is 0. The lowest BCUT2D eigenvalue weighted by Crippen LogP contribution is -2.43. The molecule has 2 rings (SSSR count). The molecule has 0 aromatic rings. The number of ether oxygens (including phenoxy) is 1. The van der Waals surface area contributed by atoms with E-state index in [1.165, 1.54) is 44.9 Å². The molecule has 2 aliphatic rings. The second-order valence-corrected chi connectivity index (χ2v) is 8.95. The first-order chi connectivity index (χ1) is 14.7. The van der Waals surface area contributed by atoms with Gasteiger partial charge in [-0.1, -0.05) is 69.8 Å². The van der Waals surface area contributed by atoms with E-state index in [0.717, 1.165) is 51.4 Å². The molecular formula is C26H43NO3. The molecule has 0 radical (unpaired) electrons. The number of esters is 1. The Morgan fingerprint density at radius 2 is 1.60 bits per heavy atom. The molecule has 0 bridgehead atoms. The number of rotatable bonds is 15. The van der Waals surface area contributed by atoms with Crippen molar-refractivity contribution in [1.82, 2.24) is 5.32 Å². The smallest absolute Gasteiger partial charge is 0.329 e. The Morgan fingerprint density at radius 1 is 0.933 bits per heavy atom. The van der Waals surface area contributed by atoms with E-state index in [9.17, 15) is 9.59 Å². The molecule has 4 heteroatoms. The van der Waals surface area contributed by atoms with Gasteiger partial charge in [0.1, 0.15) is 12.1 Å². The van der Waals surface area contributed by atoms with Crippen LogP contribution in [0, 0.1) is 5.92 Å². The average molecular weight is 418 g/mol. The Labute approximate surface area is 183 Å². The van der Waals surface area contributed by atoms with Crippen molar-refractivity contribution in [2.75, 3.05) is 0 Å². The number of carbonyl (C=O) groups excluding carboxylic acids is 2. The minimum absolute atomic E-state index is 0.00820. The Balaban J connectivity index is 1.42. The maximum atomic E-state index is 12.2. The molecule has 1 aliphatic carbocycles. The molecule has 170 valence electrons. The van der Waals surface area contributed by atoms with Crippen molar-refractivity contribution in [2.45, 2.75) is 122 Å². The Kier molecular flexibility index (Phi) is 12.6. The van der Waals surface area contributed by atoms with Gasteiger partial charge >= 0.3 is 5.97 Å². The Morgan fingerprint density at radius 3 is 2.37 bits per heavy atom. The Bertz CT molecular complexity index is 554. The summed E-state index contributed by atoms with van der Waals surface area (Å²) in [5.74, 6) is -0.0195. The molecule has 1 N–H and O–H groups in total. The predicted molar refractivity (Wildman–Crippen MR) is 123 cm³/mol. The van der Waals surface area contributed by atoms with Crippen LogP contribution in [0.1, 0.15) is 110 Å². The molecule has 30 heavy (non-hydrogen) atoms. The van der Waals surface area contributed by atoms with Crippen molar-refractivity contribution >= 4 is 11.9 Å². The summed E-state index contributed by atoms with van der Waals surface area (Å²) < 4.78 is 5.45. The van der Waals surface area contributed by atoms with Crippen LogP contribution >= 0.6 is 0 Å². The number of unbranched alkanes of at least 4 members (excludes halogenated alkanes) is 8. The largest absolute Gasteiger partial charge is 0.460 e. The van der Waals surface area contributed by atoms with Crippen molar-refractivity contribution in [3.8, 4) is 0 Å². The normalized spacial score (nSPS) is 23.8. The van der Waals surface area contributed by atoms with Gasteiger partial charge in [0, 0.05) is 12.3 Å². The van der Waals surface area contributed by atoms with E-state index in [-0.39, 0.29) is 23.9 Å². The number of nitrogens with one attached hydrogen (secondary N) is 1. The van der Waals surface area contributed by atoms with Crippen LogP contribution in [-0.4, -0.2) is 24.0 Å². The van der Waals surface area contributed by atoms with Crippen LogP contribution in [0.15, 0.2) is 24.3 Å². The van der Waals surface area contributed by atoms with Gasteiger partial charge in [0.2, 0.25) is 5.91 Å². The van der Waals surface area contributed by atoms with Crippen molar-refractivity contribution < 1.29 is 14.3 Å². The first-order valence-electron chi connectivity index (χ1n) is 12.5. The molecule has 1 amide bonds. The number of hydrogen-bond acceptors (Lipinski definition) is 3. The minimum atomic E-state index is -0.402. The van der Waals surface area contributed by atoms with Gasteiger partial charge in [0.05, 0.1) is 0 Å². The molecule has 0 aromatic carbocycles. The molecule has 1 aliphatic heterocycles. The number of amides is 1. The number of carbonyl (C=O) groups is 2. The van der Waals surface area contributed by atoms with E-state index in [1.54, 1.807) is 0 Å². The second kappa shape index (κ2) is 15.3. The van der Waals surface area contributed by atoms with Crippen LogP contribution in [0.25, 0.3) is 0 Å². The summed E-state index contributed by atoms with van der Waals surface area (Å²) in [6, 6.07) is -0.402. The van der Waals surface area contributed by atoms with E-state index in [0.29, 0.717) is 6.42 Å². The van der Waals surface area contributed by atoms with Crippen LogP contribution in [-0.2, 0) is 14.3 Å². The summed E-state index contributed by atoms with van der Waals surface area (Å²) in [4.78, 5) is 24.3. The lowest BCUT2D eigenvalue weighted by Gasteiger charge is -2.25. The molecule has 1 saturated carbocycles. The SMILES string of the molecule is CCCCC/C=C\C/C=C/CCCCCCCC(=O)N[C@@H]1C(=O)OC2CCCCC21. The van der Waals surface area contributed by atoms with Crippen molar-refractivity contribution in [2.24, 2.45) is 5.92 Å².